The molecule has 1 aromatic heterocycles. The van der Waals surface area contributed by atoms with Gasteiger partial charge in [-0.15, -0.1) is 0 Å². The molecule has 0 unspecified atom stereocenters. The summed E-state index contributed by atoms with van der Waals surface area (Å²) in [5, 5.41) is 0. The van der Waals surface area contributed by atoms with Gasteiger partial charge in [-0.3, -0.25) is 9.69 Å². The van der Waals surface area contributed by atoms with Crippen molar-refractivity contribution in [3.63, 3.8) is 0 Å². The highest BCUT2D eigenvalue weighted by atomic mass is 16.6. The highest BCUT2D eigenvalue weighted by molar-refractivity contribution is 5.82. The molecular formula is C21H30N4O4. The van der Waals surface area contributed by atoms with Crippen molar-refractivity contribution in [1.29, 1.82) is 0 Å². The summed E-state index contributed by atoms with van der Waals surface area (Å²) in [6, 6.07) is -0.632. The molecular weight excluding hydrogens is 372 g/mol. The molecule has 0 radical (unpaired) electrons. The number of fused-ring (bicyclic) bond motifs is 1. The van der Waals surface area contributed by atoms with Gasteiger partial charge in [0.2, 0.25) is 0 Å². The number of aromatic nitrogens is 2. The highest BCUT2D eigenvalue weighted by Crippen LogP contribution is 2.44. The van der Waals surface area contributed by atoms with E-state index in [0.717, 1.165) is 11.1 Å². The summed E-state index contributed by atoms with van der Waals surface area (Å²) in [4.78, 5) is 35.3. The normalized spacial score (nSPS) is 26.1. The van der Waals surface area contributed by atoms with Crippen LogP contribution >= 0.6 is 0 Å². The van der Waals surface area contributed by atoms with Crippen LogP contribution in [-0.2, 0) is 20.7 Å². The second-order valence-electron chi connectivity index (χ2n) is 8.69. The quantitative estimate of drug-likeness (QED) is 0.774. The SMILES string of the molecule is CC[C@@H]1[C@@H](C)[C@@H](OC(C)=O)[C@H](C2=CCc3c(N)ncnc32)N1C(=O)OC(C)(C)C. The summed E-state index contributed by atoms with van der Waals surface area (Å²) in [5.41, 5.74) is 7.76. The predicted octanol–water partition coefficient (Wildman–Crippen LogP) is 2.96. The van der Waals surface area contributed by atoms with Crippen LogP contribution in [0.2, 0.25) is 0 Å². The molecule has 8 nitrogen and oxygen atoms in total. The Hall–Kier alpha value is -2.64. The number of hydrogen-bond donors (Lipinski definition) is 1. The number of anilines is 1. The standard InChI is InChI=1S/C21H30N4O4/c1-7-15-11(2)18(28-12(3)26)17(25(15)20(27)29-21(4,5)6)13-8-9-14-16(13)23-10-24-19(14)22/h8,10-11,15,17-18H,7,9H2,1-6H3,(H2,22,23,24)/t11-,15-,17+,18-/m1/s1. The lowest BCUT2D eigenvalue weighted by molar-refractivity contribution is -0.148. The van der Waals surface area contributed by atoms with Crippen LogP contribution < -0.4 is 5.73 Å². The third-order valence-electron chi connectivity index (χ3n) is 5.51. The average Bonchev–Trinajstić information content (AvgIpc) is 3.13. The fourth-order valence-electron chi connectivity index (χ4n) is 4.39. The lowest BCUT2D eigenvalue weighted by Gasteiger charge is -2.33. The minimum atomic E-state index is -0.642. The van der Waals surface area contributed by atoms with Crippen LogP contribution in [0.1, 0.15) is 59.2 Å². The zero-order valence-corrected chi connectivity index (χ0v) is 17.9. The maximum atomic E-state index is 13.2. The Labute approximate surface area is 171 Å². The number of allylic oxidation sites excluding steroid dienone is 1. The van der Waals surface area contributed by atoms with Gasteiger partial charge in [0.15, 0.2) is 0 Å². The van der Waals surface area contributed by atoms with Crippen molar-refractivity contribution < 1.29 is 19.1 Å². The Kier molecular flexibility index (Phi) is 5.56. The molecule has 1 saturated heterocycles. The Morgan fingerprint density at radius 2 is 2.00 bits per heavy atom. The van der Waals surface area contributed by atoms with E-state index in [9.17, 15) is 9.59 Å². The number of ether oxygens (including phenoxy) is 2. The minimum Gasteiger partial charge on any atom is -0.460 e. The number of carbonyl (C=O) groups excluding carboxylic acids is 2. The molecule has 2 aliphatic rings. The number of amides is 1. The molecule has 0 saturated carbocycles. The van der Waals surface area contributed by atoms with Crippen molar-refractivity contribution in [1.82, 2.24) is 14.9 Å². The first kappa shape index (κ1) is 21.1. The van der Waals surface area contributed by atoms with E-state index >= 15 is 0 Å². The average molecular weight is 402 g/mol. The van der Waals surface area contributed by atoms with Crippen molar-refractivity contribution >= 4 is 23.5 Å². The number of nitrogens with zero attached hydrogens (tertiary/aromatic N) is 3. The molecule has 1 aliphatic carbocycles. The number of nitrogens with two attached hydrogens (primary N) is 1. The van der Waals surface area contributed by atoms with E-state index in [1.165, 1.54) is 13.3 Å². The zero-order valence-electron chi connectivity index (χ0n) is 17.9. The van der Waals surface area contributed by atoms with Gasteiger partial charge >= 0.3 is 12.1 Å². The van der Waals surface area contributed by atoms with Gasteiger partial charge in [-0.05, 0) is 33.6 Å². The molecule has 4 atom stereocenters. The van der Waals surface area contributed by atoms with Crippen LogP contribution in [0.5, 0.6) is 0 Å². The van der Waals surface area contributed by atoms with Gasteiger partial charge in [0.05, 0.1) is 11.7 Å². The zero-order chi connectivity index (χ0) is 21.5. The molecule has 0 spiro atoms. The van der Waals surface area contributed by atoms with E-state index in [2.05, 4.69) is 9.97 Å². The van der Waals surface area contributed by atoms with Gasteiger partial charge in [0.25, 0.3) is 0 Å². The molecule has 3 rings (SSSR count). The smallest absolute Gasteiger partial charge is 0.411 e. The maximum absolute atomic E-state index is 13.2. The molecule has 0 aromatic carbocycles. The second-order valence-corrected chi connectivity index (χ2v) is 8.69. The molecule has 29 heavy (non-hydrogen) atoms. The molecule has 158 valence electrons. The fraction of sp³-hybridized carbons (Fsp3) is 0.619. The van der Waals surface area contributed by atoms with Gasteiger partial charge in [-0.2, -0.15) is 0 Å². The number of nitrogen functional groups attached to an aromatic ring is 1. The van der Waals surface area contributed by atoms with Gasteiger partial charge in [-0.25, -0.2) is 14.8 Å². The Morgan fingerprint density at radius 3 is 2.59 bits per heavy atom. The van der Waals surface area contributed by atoms with Gasteiger partial charge in [-0.1, -0.05) is 19.9 Å². The van der Waals surface area contributed by atoms with Gasteiger partial charge < -0.3 is 15.2 Å². The summed E-state index contributed by atoms with van der Waals surface area (Å²) in [6.45, 7) is 10.9. The van der Waals surface area contributed by atoms with Crippen LogP contribution in [0.4, 0.5) is 10.6 Å². The second kappa shape index (κ2) is 7.65. The summed E-state index contributed by atoms with van der Waals surface area (Å²) in [5.74, 6) is -0.0218. The molecule has 2 N–H and O–H groups in total. The van der Waals surface area contributed by atoms with Crippen molar-refractivity contribution in [3.05, 3.63) is 23.7 Å². The first-order chi connectivity index (χ1) is 13.5. The van der Waals surface area contributed by atoms with Crippen LogP contribution in [0, 0.1) is 5.92 Å². The molecule has 1 amide bonds. The lowest BCUT2D eigenvalue weighted by atomic mass is 9.93. The molecule has 0 bridgehead atoms. The first-order valence-corrected chi connectivity index (χ1v) is 10.0. The Balaban J connectivity index is 2.08. The van der Waals surface area contributed by atoms with E-state index in [0.29, 0.717) is 24.4 Å². The van der Waals surface area contributed by atoms with Crippen molar-refractivity contribution in [3.8, 4) is 0 Å². The van der Waals surface area contributed by atoms with Gasteiger partial charge in [0, 0.05) is 30.0 Å². The number of carbonyl (C=O) groups is 2. The van der Waals surface area contributed by atoms with E-state index < -0.39 is 23.8 Å². The van der Waals surface area contributed by atoms with Crippen molar-refractivity contribution in [2.24, 2.45) is 5.92 Å². The monoisotopic (exact) mass is 402 g/mol. The molecule has 2 heterocycles. The Morgan fingerprint density at radius 1 is 1.31 bits per heavy atom. The lowest BCUT2D eigenvalue weighted by Crippen LogP contribution is -2.46. The van der Waals surface area contributed by atoms with E-state index in [-0.39, 0.29) is 17.9 Å². The number of esters is 1. The number of rotatable bonds is 3. The summed E-state index contributed by atoms with van der Waals surface area (Å²) >= 11 is 0. The van der Waals surface area contributed by atoms with E-state index in [1.807, 2.05) is 40.7 Å². The van der Waals surface area contributed by atoms with Crippen molar-refractivity contribution in [2.75, 3.05) is 5.73 Å². The van der Waals surface area contributed by atoms with Crippen LogP contribution in [0.3, 0.4) is 0 Å². The maximum Gasteiger partial charge on any atom is 0.411 e. The molecule has 1 aromatic rings. The predicted molar refractivity (Wildman–Crippen MR) is 109 cm³/mol. The van der Waals surface area contributed by atoms with E-state index in [1.54, 1.807) is 4.90 Å². The number of likely N-dealkylation sites (tertiary alicyclic amines) is 1. The third kappa shape index (κ3) is 3.93. The molecule has 1 fully saturated rings. The third-order valence-corrected chi connectivity index (χ3v) is 5.51. The topological polar surface area (TPSA) is 108 Å². The van der Waals surface area contributed by atoms with Crippen LogP contribution in [0.15, 0.2) is 12.4 Å². The highest BCUT2D eigenvalue weighted by Gasteiger charge is 2.53. The summed E-state index contributed by atoms with van der Waals surface area (Å²) in [7, 11) is 0. The van der Waals surface area contributed by atoms with E-state index in [4.69, 9.17) is 15.2 Å². The minimum absolute atomic E-state index is 0.0643. The first-order valence-electron chi connectivity index (χ1n) is 10.0. The van der Waals surface area contributed by atoms with Crippen LogP contribution in [0.25, 0.3) is 5.57 Å². The Bertz CT molecular complexity index is 846. The number of hydrogen-bond acceptors (Lipinski definition) is 7. The summed E-state index contributed by atoms with van der Waals surface area (Å²) in [6.07, 6.45) is 3.78. The molecule has 1 aliphatic heterocycles. The van der Waals surface area contributed by atoms with Crippen LogP contribution in [-0.4, -0.2) is 50.7 Å². The fourth-order valence-corrected chi connectivity index (χ4v) is 4.39. The van der Waals surface area contributed by atoms with Gasteiger partial charge in [0.1, 0.15) is 23.9 Å². The largest absolute Gasteiger partial charge is 0.460 e. The van der Waals surface area contributed by atoms with Crippen molar-refractivity contribution in [2.45, 2.75) is 78.2 Å². The molecule has 8 heteroatoms. The summed E-state index contributed by atoms with van der Waals surface area (Å²) < 4.78 is 11.5.